The first-order chi connectivity index (χ1) is 21.5. The third kappa shape index (κ3) is 8.25. The highest BCUT2D eigenvalue weighted by atomic mass is 32.1. The fraction of sp³-hybridized carbons (Fsp3) is 0.531. The van der Waals surface area contributed by atoms with Crippen LogP contribution in [0, 0.1) is 6.92 Å². The van der Waals surface area contributed by atoms with Gasteiger partial charge in [-0.2, -0.15) is 13.2 Å². The van der Waals surface area contributed by atoms with Gasteiger partial charge in [0, 0.05) is 55.8 Å². The Kier molecular flexibility index (Phi) is 10.5. The largest absolute Gasteiger partial charge is 0.466 e. The molecule has 2 saturated heterocycles. The molecule has 2 aliphatic heterocycles. The molecule has 0 radical (unpaired) electrons. The molecular weight excluding hydrogens is 605 g/mol. The van der Waals surface area contributed by atoms with Crippen LogP contribution < -0.4 is 4.90 Å². The van der Waals surface area contributed by atoms with E-state index >= 15 is 0 Å². The van der Waals surface area contributed by atoms with E-state index in [1.807, 2.05) is 0 Å². The van der Waals surface area contributed by atoms with E-state index in [0.717, 1.165) is 56.5 Å². The lowest BCUT2D eigenvalue weighted by Crippen LogP contribution is -2.47. The summed E-state index contributed by atoms with van der Waals surface area (Å²) in [6, 6.07) is 4.68. The minimum Gasteiger partial charge on any atom is -0.466 e. The normalized spacial score (nSPS) is 18.0. The summed E-state index contributed by atoms with van der Waals surface area (Å²) < 4.78 is 46.2. The van der Waals surface area contributed by atoms with Gasteiger partial charge in [-0.25, -0.2) is 15.0 Å². The summed E-state index contributed by atoms with van der Waals surface area (Å²) in [4.78, 5) is 46.0. The number of aromatic nitrogens is 3. The van der Waals surface area contributed by atoms with E-state index in [0.29, 0.717) is 54.2 Å². The number of alkyl halides is 3. The highest BCUT2D eigenvalue weighted by molar-refractivity contribution is 7.12. The molecule has 4 heterocycles. The quantitative estimate of drug-likeness (QED) is 0.201. The molecular formula is C32H39F3N6O3S. The third-order valence-corrected chi connectivity index (χ3v) is 9.50. The van der Waals surface area contributed by atoms with Gasteiger partial charge >= 0.3 is 12.1 Å². The topological polar surface area (TPSA) is 91.8 Å². The summed E-state index contributed by atoms with van der Waals surface area (Å²) >= 11 is 1.37. The third-order valence-electron chi connectivity index (χ3n) is 8.46. The second-order valence-corrected chi connectivity index (χ2v) is 12.8. The lowest BCUT2D eigenvalue weighted by molar-refractivity contribution is -0.143. The van der Waals surface area contributed by atoms with Crippen molar-refractivity contribution in [2.75, 3.05) is 50.8 Å². The first-order valence-corrected chi connectivity index (χ1v) is 16.2. The molecule has 13 heteroatoms. The molecule has 1 aromatic carbocycles. The Morgan fingerprint density at radius 3 is 2.51 bits per heavy atom. The molecule has 0 spiro atoms. The molecule has 0 aliphatic carbocycles. The van der Waals surface area contributed by atoms with Crippen LogP contribution in [0.1, 0.15) is 64.6 Å². The Morgan fingerprint density at radius 1 is 1.09 bits per heavy atom. The predicted molar refractivity (Wildman–Crippen MR) is 166 cm³/mol. The van der Waals surface area contributed by atoms with Crippen LogP contribution in [0.4, 0.5) is 19.0 Å². The molecule has 45 heavy (non-hydrogen) atoms. The summed E-state index contributed by atoms with van der Waals surface area (Å²) in [6.45, 7) is 10.9. The number of nitrogens with zero attached hydrogens (tertiary/aromatic N) is 6. The van der Waals surface area contributed by atoms with Gasteiger partial charge in [0.05, 0.1) is 43.1 Å². The molecule has 3 aromatic rings. The van der Waals surface area contributed by atoms with Gasteiger partial charge in [-0.3, -0.25) is 19.4 Å². The Morgan fingerprint density at radius 2 is 1.87 bits per heavy atom. The minimum absolute atomic E-state index is 0.0155. The highest BCUT2D eigenvalue weighted by Gasteiger charge is 2.33. The van der Waals surface area contributed by atoms with Crippen LogP contribution in [0.25, 0.3) is 11.3 Å². The summed E-state index contributed by atoms with van der Waals surface area (Å²) in [5.74, 6) is 0.234. The average Bonchev–Trinajstić information content (AvgIpc) is 3.61. The number of ether oxygens (including phenoxy) is 1. The maximum atomic E-state index is 13.7. The number of Topliss-reactive ketones (excluding diaryl/α,β-unsaturated/α-hetero) is 1. The van der Waals surface area contributed by atoms with Gasteiger partial charge in [0.2, 0.25) is 0 Å². The first kappa shape index (κ1) is 33.0. The van der Waals surface area contributed by atoms with Crippen molar-refractivity contribution in [3.05, 3.63) is 57.3 Å². The number of anilines is 1. The van der Waals surface area contributed by atoms with Crippen LogP contribution in [-0.2, 0) is 28.7 Å². The van der Waals surface area contributed by atoms with Crippen LogP contribution in [0.2, 0.25) is 0 Å². The van der Waals surface area contributed by atoms with E-state index < -0.39 is 11.7 Å². The van der Waals surface area contributed by atoms with E-state index in [4.69, 9.17) is 9.72 Å². The summed E-state index contributed by atoms with van der Waals surface area (Å²) in [5.41, 5.74) is 0.585. The number of hydrogen-bond acceptors (Lipinski definition) is 10. The number of halogens is 3. The molecule has 0 amide bonds. The summed E-state index contributed by atoms with van der Waals surface area (Å²) in [6.07, 6.45) is 1.09. The van der Waals surface area contributed by atoms with Crippen molar-refractivity contribution in [2.24, 2.45) is 0 Å². The molecule has 2 aromatic heterocycles. The average molecular weight is 645 g/mol. The molecule has 9 nitrogen and oxygen atoms in total. The molecule has 2 fully saturated rings. The molecule has 242 valence electrons. The first-order valence-electron chi connectivity index (χ1n) is 15.4. The number of esters is 1. The SMILES string of the molecule is CCOC(=O)CCN1CCN(c2cnc(C(=O)Cc3nc(-c4ccc(C)c(C(F)(F)F)c4)c(CN4CCC[C@H]4C)s3)cn2)CC1. The monoisotopic (exact) mass is 644 g/mol. The number of likely N-dealkylation sites (tertiary alicyclic amines) is 1. The smallest absolute Gasteiger partial charge is 0.416 e. The maximum absolute atomic E-state index is 13.7. The highest BCUT2D eigenvalue weighted by Crippen LogP contribution is 2.37. The number of carbonyl (C=O) groups is 2. The van der Waals surface area contributed by atoms with Gasteiger partial charge < -0.3 is 9.64 Å². The Labute approximate surface area is 265 Å². The molecule has 1 atom stereocenters. The van der Waals surface area contributed by atoms with Crippen LogP contribution in [-0.4, -0.2) is 88.4 Å². The van der Waals surface area contributed by atoms with Gasteiger partial charge in [-0.15, -0.1) is 11.3 Å². The Bertz CT molecular complexity index is 1490. The number of piperazine rings is 1. The van der Waals surface area contributed by atoms with Crippen molar-refractivity contribution < 1.29 is 27.5 Å². The fourth-order valence-electron chi connectivity index (χ4n) is 5.84. The zero-order chi connectivity index (χ0) is 32.1. The minimum atomic E-state index is -4.47. The fourth-order valence-corrected chi connectivity index (χ4v) is 6.95. The van der Waals surface area contributed by atoms with Crippen molar-refractivity contribution >= 4 is 28.9 Å². The number of rotatable bonds is 11. The molecule has 0 N–H and O–H groups in total. The van der Waals surface area contributed by atoms with Crippen LogP contribution in [0.15, 0.2) is 30.6 Å². The lowest BCUT2D eigenvalue weighted by Gasteiger charge is -2.35. The zero-order valence-corrected chi connectivity index (χ0v) is 26.7. The van der Waals surface area contributed by atoms with Crippen LogP contribution in [0.3, 0.4) is 0 Å². The number of hydrogen-bond donors (Lipinski definition) is 0. The second kappa shape index (κ2) is 14.3. The van der Waals surface area contributed by atoms with Gasteiger partial charge in [-0.05, 0) is 51.8 Å². The van der Waals surface area contributed by atoms with Crippen molar-refractivity contribution in [1.82, 2.24) is 24.8 Å². The summed E-state index contributed by atoms with van der Waals surface area (Å²) in [5, 5.41) is 0.538. The van der Waals surface area contributed by atoms with Crippen molar-refractivity contribution in [2.45, 2.75) is 65.2 Å². The second-order valence-electron chi connectivity index (χ2n) is 11.6. The Balaban J connectivity index is 1.27. The maximum Gasteiger partial charge on any atom is 0.416 e. The number of carbonyl (C=O) groups excluding carboxylic acids is 2. The molecule has 0 bridgehead atoms. The van der Waals surface area contributed by atoms with E-state index in [1.165, 1.54) is 30.5 Å². The van der Waals surface area contributed by atoms with Gasteiger partial charge in [0.15, 0.2) is 5.78 Å². The van der Waals surface area contributed by atoms with E-state index in [-0.39, 0.29) is 29.4 Å². The van der Waals surface area contributed by atoms with Crippen LogP contribution in [0.5, 0.6) is 0 Å². The number of thiazole rings is 1. The zero-order valence-electron chi connectivity index (χ0n) is 25.9. The predicted octanol–water partition coefficient (Wildman–Crippen LogP) is 5.41. The standard InChI is InChI=1S/C32H39F3N6O3S/c1-4-44-30(43)9-11-39-12-14-40(15-13-39)28-19-36-25(18-37-28)26(42)17-29-38-31(27(45-29)20-41-10-5-6-22(41)3)23-8-7-21(2)24(16-23)32(33,34)35/h7-8,16,18-19,22H,4-6,9-15,17,20H2,1-3H3/t22-/m1/s1. The van der Waals surface area contributed by atoms with Crippen molar-refractivity contribution in [3.63, 3.8) is 0 Å². The molecule has 0 saturated carbocycles. The Hall–Kier alpha value is -3.42. The number of aryl methyl sites for hydroxylation is 1. The van der Waals surface area contributed by atoms with Gasteiger partial charge in [0.1, 0.15) is 16.5 Å². The van der Waals surface area contributed by atoms with Gasteiger partial charge in [0.25, 0.3) is 0 Å². The van der Waals surface area contributed by atoms with Gasteiger partial charge in [-0.1, -0.05) is 12.1 Å². The lowest BCUT2D eigenvalue weighted by atomic mass is 10.0. The van der Waals surface area contributed by atoms with E-state index in [9.17, 15) is 22.8 Å². The summed E-state index contributed by atoms with van der Waals surface area (Å²) in [7, 11) is 0. The molecule has 5 rings (SSSR count). The molecule has 0 unspecified atom stereocenters. The van der Waals surface area contributed by atoms with Crippen molar-refractivity contribution in [3.8, 4) is 11.3 Å². The number of ketones is 1. The van der Waals surface area contributed by atoms with Crippen molar-refractivity contribution in [1.29, 1.82) is 0 Å². The molecule has 2 aliphatic rings. The van der Waals surface area contributed by atoms with E-state index in [1.54, 1.807) is 19.2 Å². The van der Waals surface area contributed by atoms with Crippen LogP contribution >= 0.6 is 11.3 Å². The number of benzene rings is 1. The van der Waals surface area contributed by atoms with E-state index in [2.05, 4.69) is 31.6 Å².